The smallest absolute Gasteiger partial charge is 0.235 e. The number of aliphatic imine (C=N–C) groups is 1. The summed E-state index contributed by atoms with van der Waals surface area (Å²) in [4.78, 5) is 8.74. The van der Waals surface area contributed by atoms with Gasteiger partial charge in [0.2, 0.25) is 6.36 Å². The van der Waals surface area contributed by atoms with Crippen molar-refractivity contribution in [2.24, 2.45) is 4.99 Å². The Balaban J connectivity index is 1.79. The van der Waals surface area contributed by atoms with Crippen molar-refractivity contribution in [1.82, 2.24) is 4.98 Å². The third kappa shape index (κ3) is 2.61. The number of amidine groups is 1. The summed E-state index contributed by atoms with van der Waals surface area (Å²) in [5.74, 6) is 1.20. The Kier molecular flexibility index (Phi) is 3.33. The van der Waals surface area contributed by atoms with Gasteiger partial charge in [-0.3, -0.25) is 9.98 Å². The minimum absolute atomic E-state index is 0.477. The molecule has 1 aromatic heterocycles. The van der Waals surface area contributed by atoms with Crippen LogP contribution in [0.1, 0.15) is 18.2 Å². The Hall–Kier alpha value is -2.43. The van der Waals surface area contributed by atoms with Gasteiger partial charge in [-0.2, -0.15) is 0 Å². The summed E-state index contributed by atoms with van der Waals surface area (Å²) >= 11 is 0. The van der Waals surface area contributed by atoms with E-state index >= 15 is 0 Å². The maximum atomic E-state index is 12.8. The minimum atomic E-state index is -1.34. The Bertz CT molecular complexity index is 655. The Morgan fingerprint density at radius 1 is 1.30 bits per heavy atom. The van der Waals surface area contributed by atoms with Crippen LogP contribution in [-0.2, 0) is 6.54 Å². The normalized spacial score (nSPS) is 14.4. The largest absolute Gasteiger partial charge is 0.461 e. The van der Waals surface area contributed by atoms with E-state index in [1.165, 1.54) is 6.92 Å². The maximum Gasteiger partial charge on any atom is 0.235 e. The molecule has 2 heterocycles. The number of alkyl halides is 1. The van der Waals surface area contributed by atoms with Crippen LogP contribution in [0.15, 0.2) is 47.6 Å². The number of halogens is 1. The van der Waals surface area contributed by atoms with Crippen LogP contribution < -0.4 is 10.1 Å². The van der Waals surface area contributed by atoms with Crippen molar-refractivity contribution in [2.45, 2.75) is 19.8 Å². The van der Waals surface area contributed by atoms with Crippen molar-refractivity contribution < 1.29 is 9.13 Å². The van der Waals surface area contributed by atoms with Crippen molar-refractivity contribution in [2.75, 3.05) is 5.32 Å². The van der Waals surface area contributed by atoms with Crippen LogP contribution in [0.25, 0.3) is 0 Å². The first kappa shape index (κ1) is 12.6. The lowest BCUT2D eigenvalue weighted by molar-refractivity contribution is 0.0861. The molecule has 0 aliphatic carbocycles. The summed E-state index contributed by atoms with van der Waals surface area (Å²) < 4.78 is 17.9. The van der Waals surface area contributed by atoms with E-state index in [1.54, 1.807) is 24.4 Å². The summed E-state index contributed by atoms with van der Waals surface area (Å²) in [5.41, 5.74) is 2.75. The van der Waals surface area contributed by atoms with E-state index in [1.807, 2.05) is 18.2 Å². The number of pyridine rings is 1. The molecule has 1 unspecified atom stereocenters. The molecule has 20 heavy (non-hydrogen) atoms. The highest BCUT2D eigenvalue weighted by molar-refractivity contribution is 6.09. The van der Waals surface area contributed by atoms with Crippen molar-refractivity contribution in [3.8, 4) is 5.75 Å². The predicted molar refractivity (Wildman–Crippen MR) is 75.7 cm³/mol. The van der Waals surface area contributed by atoms with Gasteiger partial charge in [-0.05, 0) is 18.2 Å². The minimum Gasteiger partial charge on any atom is -0.461 e. The van der Waals surface area contributed by atoms with Gasteiger partial charge in [0.1, 0.15) is 11.4 Å². The zero-order valence-corrected chi connectivity index (χ0v) is 11.0. The first-order valence-electron chi connectivity index (χ1n) is 6.39. The number of ether oxygens (including phenoxy) is 1. The number of rotatable bonds is 3. The number of fused-ring (bicyclic) bond motifs is 1. The highest BCUT2D eigenvalue weighted by atomic mass is 19.1. The second-order valence-electron chi connectivity index (χ2n) is 4.49. The molecule has 3 rings (SSSR count). The van der Waals surface area contributed by atoms with Crippen molar-refractivity contribution >= 4 is 11.5 Å². The Labute approximate surface area is 116 Å². The fourth-order valence-electron chi connectivity index (χ4n) is 2.09. The first-order valence-corrected chi connectivity index (χ1v) is 6.39. The van der Waals surface area contributed by atoms with E-state index in [-0.39, 0.29) is 0 Å². The van der Waals surface area contributed by atoms with Gasteiger partial charge in [0.15, 0.2) is 5.84 Å². The Morgan fingerprint density at radius 2 is 2.20 bits per heavy atom. The van der Waals surface area contributed by atoms with Gasteiger partial charge in [-0.15, -0.1) is 0 Å². The van der Waals surface area contributed by atoms with E-state index in [2.05, 4.69) is 15.3 Å². The molecule has 0 radical (unpaired) electrons. The predicted octanol–water partition coefficient (Wildman–Crippen LogP) is 3.15. The van der Waals surface area contributed by atoms with Crippen molar-refractivity contribution in [3.63, 3.8) is 0 Å². The second-order valence-corrected chi connectivity index (χ2v) is 4.49. The third-order valence-electron chi connectivity index (χ3n) is 2.92. The molecule has 102 valence electrons. The van der Waals surface area contributed by atoms with E-state index < -0.39 is 6.36 Å². The lowest BCUT2D eigenvalue weighted by atomic mass is 10.2. The zero-order chi connectivity index (χ0) is 13.9. The maximum absolute atomic E-state index is 12.8. The van der Waals surface area contributed by atoms with Gasteiger partial charge in [0.25, 0.3) is 0 Å². The molecule has 0 saturated heterocycles. The number of aromatic nitrogens is 1. The molecule has 2 aromatic rings. The lowest BCUT2D eigenvalue weighted by Gasteiger charge is -2.10. The molecular weight excluding hydrogens is 257 g/mol. The molecule has 4 nitrogen and oxygen atoms in total. The van der Waals surface area contributed by atoms with Crippen LogP contribution in [0.4, 0.5) is 10.1 Å². The molecule has 1 N–H and O–H groups in total. The van der Waals surface area contributed by atoms with Gasteiger partial charge in [-0.25, -0.2) is 4.39 Å². The average Bonchev–Trinajstić information content (AvgIpc) is 2.82. The van der Waals surface area contributed by atoms with E-state index in [0.717, 1.165) is 22.8 Å². The molecule has 0 fully saturated rings. The van der Waals surface area contributed by atoms with Gasteiger partial charge in [0, 0.05) is 30.4 Å². The molecular formula is C15H14FN3O. The molecule has 0 spiro atoms. The third-order valence-corrected chi connectivity index (χ3v) is 2.92. The lowest BCUT2D eigenvalue weighted by Crippen LogP contribution is -2.13. The number of nitrogens with zero attached hydrogens (tertiary/aromatic N) is 2. The number of anilines is 1. The monoisotopic (exact) mass is 271 g/mol. The summed E-state index contributed by atoms with van der Waals surface area (Å²) in [5, 5.41) is 3.20. The number of hydrogen-bond acceptors (Lipinski definition) is 4. The van der Waals surface area contributed by atoms with E-state index in [0.29, 0.717) is 12.3 Å². The van der Waals surface area contributed by atoms with Gasteiger partial charge in [-0.1, -0.05) is 12.1 Å². The zero-order valence-electron chi connectivity index (χ0n) is 11.0. The Morgan fingerprint density at radius 3 is 3.05 bits per heavy atom. The van der Waals surface area contributed by atoms with Crippen LogP contribution in [-0.4, -0.2) is 17.2 Å². The molecule has 1 aliphatic heterocycles. The quantitative estimate of drug-likeness (QED) is 0.932. The SMILES string of the molecule is CC(F)Oc1cccc(NC2=NCc3cccnc32)c1. The number of nitrogens with one attached hydrogen (secondary N) is 1. The topological polar surface area (TPSA) is 46.5 Å². The molecule has 0 bridgehead atoms. The summed E-state index contributed by atoms with van der Waals surface area (Å²) in [6.07, 6.45) is 0.405. The standard InChI is InChI=1S/C15H14FN3O/c1-10(16)20-13-6-2-5-12(8-13)19-15-14-11(9-18-15)4-3-7-17-14/h2-8,10H,9H2,1H3,(H,18,19). The van der Waals surface area contributed by atoms with E-state index in [4.69, 9.17) is 4.74 Å². The van der Waals surface area contributed by atoms with Crippen molar-refractivity contribution in [3.05, 3.63) is 53.9 Å². The summed E-state index contributed by atoms with van der Waals surface area (Å²) in [6.45, 7) is 1.98. The van der Waals surface area contributed by atoms with Crippen LogP contribution in [0.3, 0.4) is 0 Å². The molecule has 0 amide bonds. The van der Waals surface area contributed by atoms with Gasteiger partial charge >= 0.3 is 0 Å². The molecule has 1 aliphatic rings. The average molecular weight is 271 g/mol. The fourth-order valence-corrected chi connectivity index (χ4v) is 2.09. The van der Waals surface area contributed by atoms with Crippen LogP contribution >= 0.6 is 0 Å². The molecule has 1 atom stereocenters. The highest BCUT2D eigenvalue weighted by Crippen LogP contribution is 2.22. The van der Waals surface area contributed by atoms with Crippen LogP contribution in [0.5, 0.6) is 5.75 Å². The van der Waals surface area contributed by atoms with Crippen molar-refractivity contribution in [1.29, 1.82) is 0 Å². The first-order chi connectivity index (χ1) is 9.72. The van der Waals surface area contributed by atoms with E-state index in [9.17, 15) is 4.39 Å². The van der Waals surface area contributed by atoms with Crippen LogP contribution in [0.2, 0.25) is 0 Å². The van der Waals surface area contributed by atoms with Gasteiger partial charge in [0.05, 0.1) is 6.54 Å². The number of benzene rings is 1. The van der Waals surface area contributed by atoms with Crippen LogP contribution in [0, 0.1) is 0 Å². The molecule has 0 saturated carbocycles. The molecule has 5 heteroatoms. The second kappa shape index (κ2) is 5.28. The highest BCUT2D eigenvalue weighted by Gasteiger charge is 2.16. The molecule has 1 aromatic carbocycles. The number of hydrogen-bond donors (Lipinski definition) is 1. The summed E-state index contributed by atoms with van der Waals surface area (Å²) in [6, 6.07) is 11.0. The fraction of sp³-hybridized carbons (Fsp3) is 0.200. The summed E-state index contributed by atoms with van der Waals surface area (Å²) in [7, 11) is 0. The van der Waals surface area contributed by atoms with Gasteiger partial charge < -0.3 is 10.1 Å².